The van der Waals surface area contributed by atoms with E-state index in [-0.39, 0.29) is 0 Å². The van der Waals surface area contributed by atoms with Crippen molar-refractivity contribution >= 4 is 28.5 Å². The maximum atomic E-state index is 4.57. The molecule has 3 aromatic heterocycles. The molecule has 0 radical (unpaired) electrons. The Morgan fingerprint density at radius 3 is 2.50 bits per heavy atom. The number of anilines is 1. The minimum Gasteiger partial charge on any atom is -0.324 e. The van der Waals surface area contributed by atoms with Crippen molar-refractivity contribution in [2.24, 2.45) is 0 Å². The normalized spacial score (nSPS) is 10.7. The molecule has 5 heteroatoms. The van der Waals surface area contributed by atoms with E-state index in [1.54, 1.807) is 6.20 Å². The van der Waals surface area contributed by atoms with Crippen LogP contribution in [0.1, 0.15) is 0 Å². The van der Waals surface area contributed by atoms with Crippen LogP contribution in [0.3, 0.4) is 0 Å². The topological polar surface area (TPSA) is 50.7 Å². The molecule has 0 aliphatic carbocycles. The molecule has 0 aliphatic heterocycles. The van der Waals surface area contributed by atoms with Crippen LogP contribution in [0.15, 0.2) is 84.4 Å². The first kappa shape index (κ1) is 14.7. The first-order valence-corrected chi connectivity index (χ1v) is 8.34. The smallest absolute Gasteiger partial charge is 0.0947 e. The van der Waals surface area contributed by atoms with Crippen LogP contribution < -0.4 is 4.72 Å². The van der Waals surface area contributed by atoms with Crippen molar-refractivity contribution in [3.8, 4) is 11.1 Å². The second-order valence-corrected chi connectivity index (χ2v) is 6.07. The molecule has 4 nitrogen and oxygen atoms in total. The molecule has 0 amide bonds. The fourth-order valence-electron chi connectivity index (χ4n) is 2.56. The SMILES string of the molecule is c1cncc(SNc2ccc(-c3ccncc3)c3cccnc23)c1. The minimum absolute atomic E-state index is 0.947. The van der Waals surface area contributed by atoms with E-state index < -0.39 is 0 Å². The highest BCUT2D eigenvalue weighted by atomic mass is 32.2. The molecule has 4 aromatic rings. The van der Waals surface area contributed by atoms with Gasteiger partial charge < -0.3 is 4.72 Å². The number of pyridine rings is 3. The van der Waals surface area contributed by atoms with E-state index in [0.717, 1.165) is 32.6 Å². The highest BCUT2D eigenvalue weighted by molar-refractivity contribution is 8.00. The number of aromatic nitrogens is 3. The van der Waals surface area contributed by atoms with Gasteiger partial charge in [0.2, 0.25) is 0 Å². The van der Waals surface area contributed by atoms with E-state index in [2.05, 4.69) is 37.9 Å². The Morgan fingerprint density at radius 2 is 1.67 bits per heavy atom. The Hall–Kier alpha value is -2.92. The Bertz CT molecular complexity index is 959. The van der Waals surface area contributed by atoms with E-state index in [1.165, 1.54) is 11.9 Å². The van der Waals surface area contributed by atoms with Gasteiger partial charge in [0.1, 0.15) is 0 Å². The predicted octanol–water partition coefficient (Wildman–Crippen LogP) is 4.81. The van der Waals surface area contributed by atoms with Crippen molar-refractivity contribution < 1.29 is 0 Å². The van der Waals surface area contributed by atoms with E-state index in [0.29, 0.717) is 0 Å². The summed E-state index contributed by atoms with van der Waals surface area (Å²) in [5.74, 6) is 0. The third kappa shape index (κ3) is 2.94. The van der Waals surface area contributed by atoms with Gasteiger partial charge in [-0.2, -0.15) is 0 Å². The standard InChI is InChI=1S/C19H14N4S/c1-3-15(13-21-9-1)24-23-18-6-5-16(14-7-11-20-12-8-14)17-4-2-10-22-19(17)18/h1-13,23H. The van der Waals surface area contributed by atoms with Gasteiger partial charge in [0.05, 0.1) is 11.2 Å². The van der Waals surface area contributed by atoms with Gasteiger partial charge >= 0.3 is 0 Å². The molecule has 0 unspecified atom stereocenters. The van der Waals surface area contributed by atoms with Crippen LogP contribution in [0.25, 0.3) is 22.0 Å². The summed E-state index contributed by atoms with van der Waals surface area (Å²) in [4.78, 5) is 13.9. The van der Waals surface area contributed by atoms with E-state index in [4.69, 9.17) is 0 Å². The fraction of sp³-hybridized carbons (Fsp3) is 0. The lowest BCUT2D eigenvalue weighted by Crippen LogP contribution is -1.92. The van der Waals surface area contributed by atoms with Crippen molar-refractivity contribution in [3.63, 3.8) is 0 Å². The summed E-state index contributed by atoms with van der Waals surface area (Å²) in [6.07, 6.45) is 9.03. The zero-order valence-corrected chi connectivity index (χ0v) is 13.6. The predicted molar refractivity (Wildman–Crippen MR) is 98.7 cm³/mol. The average Bonchev–Trinajstić information content (AvgIpc) is 2.67. The first-order chi connectivity index (χ1) is 11.9. The molecule has 4 rings (SSSR count). The van der Waals surface area contributed by atoms with Crippen LogP contribution in [-0.2, 0) is 0 Å². The zero-order valence-electron chi connectivity index (χ0n) is 12.8. The van der Waals surface area contributed by atoms with E-state index in [9.17, 15) is 0 Å². The third-order valence-corrected chi connectivity index (χ3v) is 4.47. The molecule has 0 saturated heterocycles. The number of hydrogen-bond donors (Lipinski definition) is 1. The summed E-state index contributed by atoms with van der Waals surface area (Å²) in [5.41, 5.74) is 4.22. The van der Waals surface area contributed by atoms with Crippen LogP contribution >= 0.6 is 11.9 Å². The molecule has 3 heterocycles. The van der Waals surface area contributed by atoms with Crippen LogP contribution in [-0.4, -0.2) is 15.0 Å². The van der Waals surface area contributed by atoms with Gasteiger partial charge in [0.15, 0.2) is 0 Å². The molecule has 116 valence electrons. The van der Waals surface area contributed by atoms with Gasteiger partial charge in [-0.25, -0.2) is 0 Å². The molecule has 0 bridgehead atoms. The summed E-state index contributed by atoms with van der Waals surface area (Å²) in [6.45, 7) is 0. The molecular weight excluding hydrogens is 316 g/mol. The number of nitrogens with zero attached hydrogens (tertiary/aromatic N) is 3. The summed E-state index contributed by atoms with van der Waals surface area (Å²) < 4.78 is 3.38. The number of hydrogen-bond acceptors (Lipinski definition) is 5. The largest absolute Gasteiger partial charge is 0.324 e. The second-order valence-electron chi connectivity index (χ2n) is 5.19. The lowest BCUT2D eigenvalue weighted by atomic mass is 10.0. The molecular formula is C19H14N4S. The van der Waals surface area contributed by atoms with Crippen molar-refractivity contribution in [1.29, 1.82) is 0 Å². The number of rotatable bonds is 4. The molecule has 1 N–H and O–H groups in total. The molecule has 0 spiro atoms. The minimum atomic E-state index is 0.947. The van der Waals surface area contributed by atoms with Crippen molar-refractivity contribution in [1.82, 2.24) is 15.0 Å². The monoisotopic (exact) mass is 330 g/mol. The van der Waals surface area contributed by atoms with E-state index >= 15 is 0 Å². The Labute approximate surface area is 144 Å². The molecule has 0 atom stereocenters. The Balaban J connectivity index is 1.73. The van der Waals surface area contributed by atoms with Crippen LogP contribution in [0.4, 0.5) is 5.69 Å². The average molecular weight is 330 g/mol. The lowest BCUT2D eigenvalue weighted by Gasteiger charge is -2.11. The maximum Gasteiger partial charge on any atom is 0.0947 e. The summed E-state index contributed by atoms with van der Waals surface area (Å²) in [6, 6.07) is 16.2. The molecule has 24 heavy (non-hydrogen) atoms. The van der Waals surface area contributed by atoms with Gasteiger partial charge in [-0.15, -0.1) is 0 Å². The van der Waals surface area contributed by atoms with Gasteiger partial charge in [0.25, 0.3) is 0 Å². The number of fused-ring (bicyclic) bond motifs is 1. The quantitative estimate of drug-likeness (QED) is 0.544. The molecule has 0 fully saturated rings. The van der Waals surface area contributed by atoms with Crippen molar-refractivity contribution in [2.45, 2.75) is 4.90 Å². The highest BCUT2D eigenvalue weighted by Gasteiger charge is 2.09. The first-order valence-electron chi connectivity index (χ1n) is 7.53. The van der Waals surface area contributed by atoms with Crippen molar-refractivity contribution in [3.05, 3.63) is 79.5 Å². The Morgan fingerprint density at radius 1 is 0.792 bits per heavy atom. The summed E-state index contributed by atoms with van der Waals surface area (Å²) in [7, 11) is 0. The highest BCUT2D eigenvalue weighted by Crippen LogP contribution is 2.33. The van der Waals surface area contributed by atoms with Gasteiger partial charge in [0, 0.05) is 41.3 Å². The molecule has 0 aliphatic rings. The van der Waals surface area contributed by atoms with Gasteiger partial charge in [-0.05, 0) is 59.5 Å². The van der Waals surface area contributed by atoms with Crippen LogP contribution in [0.2, 0.25) is 0 Å². The Kier molecular flexibility index (Phi) is 4.08. The molecule has 0 saturated carbocycles. The van der Waals surface area contributed by atoms with Gasteiger partial charge in [-0.1, -0.05) is 12.1 Å². The summed E-state index contributed by atoms with van der Waals surface area (Å²) >= 11 is 1.53. The summed E-state index contributed by atoms with van der Waals surface area (Å²) in [5, 5.41) is 1.11. The van der Waals surface area contributed by atoms with E-state index in [1.807, 2.05) is 55.1 Å². The van der Waals surface area contributed by atoms with Crippen LogP contribution in [0.5, 0.6) is 0 Å². The lowest BCUT2D eigenvalue weighted by molar-refractivity contribution is 1.24. The van der Waals surface area contributed by atoms with Crippen molar-refractivity contribution in [2.75, 3.05) is 4.72 Å². The molecule has 1 aromatic carbocycles. The zero-order chi connectivity index (χ0) is 16.2. The third-order valence-electron chi connectivity index (χ3n) is 3.67. The second kappa shape index (κ2) is 6.68. The maximum absolute atomic E-state index is 4.57. The number of benzene rings is 1. The van der Waals surface area contributed by atoms with Crippen LogP contribution in [0, 0.1) is 0 Å². The van der Waals surface area contributed by atoms with Gasteiger partial charge in [-0.3, -0.25) is 15.0 Å². The fourth-order valence-corrected chi connectivity index (χ4v) is 3.21. The number of nitrogens with one attached hydrogen (secondary N) is 1.